The van der Waals surface area contributed by atoms with E-state index in [-0.39, 0.29) is 18.3 Å². The zero-order valence-electron chi connectivity index (χ0n) is 21.6. The van der Waals surface area contributed by atoms with Gasteiger partial charge in [-0.25, -0.2) is 9.55 Å². The van der Waals surface area contributed by atoms with Crippen molar-refractivity contribution in [1.82, 2.24) is 24.6 Å². The number of rotatable bonds is 12. The summed E-state index contributed by atoms with van der Waals surface area (Å²) in [5, 5.41) is 26.5. The van der Waals surface area contributed by atoms with Crippen molar-refractivity contribution in [3.8, 4) is 5.75 Å². The fourth-order valence-electron chi connectivity index (χ4n) is 4.15. The van der Waals surface area contributed by atoms with Gasteiger partial charge in [-0.3, -0.25) is 13.9 Å². The van der Waals surface area contributed by atoms with Crippen molar-refractivity contribution in [2.45, 2.75) is 38.3 Å². The van der Waals surface area contributed by atoms with Crippen LogP contribution in [0.5, 0.6) is 5.75 Å². The van der Waals surface area contributed by atoms with E-state index >= 15 is 0 Å². The highest BCUT2D eigenvalue weighted by Gasteiger charge is 2.46. The first-order chi connectivity index (χ1) is 18.7. The van der Waals surface area contributed by atoms with Gasteiger partial charge in [0.25, 0.3) is 0 Å². The molecule has 1 aliphatic rings. The molecule has 0 amide bonds. The van der Waals surface area contributed by atoms with E-state index in [0.29, 0.717) is 17.0 Å². The molecule has 0 bridgehead atoms. The summed E-state index contributed by atoms with van der Waals surface area (Å²) >= 11 is 0. The van der Waals surface area contributed by atoms with Crippen LogP contribution in [0.1, 0.15) is 20.1 Å². The van der Waals surface area contributed by atoms with Gasteiger partial charge < -0.3 is 35.3 Å². The second kappa shape index (κ2) is 12.2. The number of nitrogen functional groups attached to an aromatic ring is 1. The van der Waals surface area contributed by atoms with Crippen molar-refractivity contribution < 1.29 is 38.1 Å². The van der Waals surface area contributed by atoms with E-state index in [1.807, 2.05) is 0 Å². The fraction of sp³-hybridized carbons (Fsp3) is 0.478. The lowest BCUT2D eigenvalue weighted by molar-refractivity contribution is -0.144. The van der Waals surface area contributed by atoms with E-state index in [9.17, 15) is 19.6 Å². The summed E-state index contributed by atoms with van der Waals surface area (Å²) in [6.45, 7) is 2.39. The molecule has 0 radical (unpaired) electrons. The Morgan fingerprint density at radius 3 is 2.72 bits per heavy atom. The molecule has 6 N–H and O–H groups in total. The fourth-order valence-corrected chi connectivity index (χ4v) is 5.65. The molecule has 0 spiro atoms. The maximum Gasteiger partial charge on any atom is 0.459 e. The Hall–Kier alpha value is -3.33. The molecule has 3 aromatic rings. The van der Waals surface area contributed by atoms with E-state index in [4.69, 9.17) is 24.3 Å². The largest absolute Gasteiger partial charge is 0.465 e. The van der Waals surface area contributed by atoms with Gasteiger partial charge in [0.15, 0.2) is 17.0 Å². The third-order valence-corrected chi connectivity index (χ3v) is 7.67. The number of nitrogens with zero attached hydrogens (tertiary/aromatic N) is 4. The van der Waals surface area contributed by atoms with E-state index in [1.54, 1.807) is 44.3 Å². The Labute approximate surface area is 224 Å². The summed E-state index contributed by atoms with van der Waals surface area (Å²) in [4.78, 5) is 24.8. The molecule has 16 heteroatoms. The summed E-state index contributed by atoms with van der Waals surface area (Å²) < 4.78 is 37.5. The highest BCUT2D eigenvalue weighted by atomic mass is 31.2. The number of aliphatic hydroxyl groups is 2. The highest BCUT2D eigenvalue weighted by molar-refractivity contribution is 7.52. The lowest BCUT2D eigenvalue weighted by Crippen LogP contribution is -2.37. The molecule has 39 heavy (non-hydrogen) atoms. The highest BCUT2D eigenvalue weighted by Crippen LogP contribution is 2.46. The Morgan fingerprint density at radius 1 is 1.31 bits per heavy atom. The number of carbonyl (C=O) groups excluding carboxylic acids is 1. The molecule has 0 unspecified atom stereocenters. The van der Waals surface area contributed by atoms with Gasteiger partial charge in [0.1, 0.15) is 24.1 Å². The molecular formula is C23H32N7O8P. The van der Waals surface area contributed by atoms with Crippen molar-refractivity contribution in [3.05, 3.63) is 36.7 Å². The van der Waals surface area contributed by atoms with Gasteiger partial charge in [-0.15, -0.1) is 0 Å². The van der Waals surface area contributed by atoms with Gasteiger partial charge in [0.05, 0.1) is 38.2 Å². The number of aromatic nitrogens is 4. The van der Waals surface area contributed by atoms with Gasteiger partial charge in [-0.2, -0.15) is 15.1 Å². The number of nitrogens with one attached hydrogen (secondary N) is 2. The molecule has 1 aliphatic heterocycles. The molecule has 1 aromatic carbocycles. The van der Waals surface area contributed by atoms with Crippen LogP contribution in [0.25, 0.3) is 11.2 Å². The first kappa shape index (κ1) is 28.7. The molecule has 15 nitrogen and oxygen atoms in total. The molecule has 1 saturated heterocycles. The van der Waals surface area contributed by atoms with Crippen molar-refractivity contribution in [2.75, 3.05) is 37.9 Å². The molecule has 0 saturated carbocycles. The van der Waals surface area contributed by atoms with E-state index < -0.39 is 57.3 Å². The minimum absolute atomic E-state index is 0.00614. The summed E-state index contributed by atoms with van der Waals surface area (Å²) in [6, 6.07) is 7.23. The molecule has 4 rings (SSSR count). The second-order valence-electron chi connectivity index (χ2n) is 8.71. The monoisotopic (exact) mass is 565 g/mol. The van der Waals surface area contributed by atoms with Crippen molar-refractivity contribution in [1.29, 1.82) is 0 Å². The van der Waals surface area contributed by atoms with Crippen LogP contribution in [-0.4, -0.2) is 80.8 Å². The average Bonchev–Trinajstić information content (AvgIpc) is 3.47. The first-order valence-corrected chi connectivity index (χ1v) is 13.8. The third-order valence-electron chi connectivity index (χ3n) is 6.03. The maximum absolute atomic E-state index is 13.7. The van der Waals surface area contributed by atoms with Gasteiger partial charge in [0.2, 0.25) is 5.95 Å². The number of fused-ring (bicyclic) bond motifs is 1. The number of hydrogen-bond donors (Lipinski definition) is 5. The van der Waals surface area contributed by atoms with E-state index in [0.717, 1.165) is 0 Å². The van der Waals surface area contributed by atoms with E-state index in [2.05, 4.69) is 25.4 Å². The van der Waals surface area contributed by atoms with Gasteiger partial charge >= 0.3 is 13.7 Å². The third kappa shape index (κ3) is 6.30. The Balaban J connectivity index is 1.55. The van der Waals surface area contributed by atoms with Gasteiger partial charge in [-0.1, -0.05) is 18.2 Å². The van der Waals surface area contributed by atoms with Crippen LogP contribution in [0.2, 0.25) is 0 Å². The van der Waals surface area contributed by atoms with Crippen LogP contribution < -0.4 is 20.7 Å². The average molecular weight is 566 g/mol. The normalized spacial score (nSPS) is 23.3. The number of imidazole rings is 1. The standard InChI is InChI=1S/C23H32N7O8P/c1-4-35-22(33)13(2)29-39(34,38-14-8-6-5-7-9-14)36-11-16-18(32)15(10-31)21(37-16)30-12-26-17-19(25-3)27-23(24)28-20(17)30/h5-9,12-13,15-16,18,21,31-32H,4,10-11H2,1-3H3,(H,29,34)(H3,24,25,27,28)/t13-,15+,16-,18+,21-,39-/m1/s1. The number of carbonyl (C=O) groups is 1. The van der Waals surface area contributed by atoms with Crippen molar-refractivity contribution in [3.63, 3.8) is 0 Å². The topological polar surface area (TPSA) is 205 Å². The number of esters is 1. The number of aliphatic hydroxyl groups excluding tert-OH is 2. The van der Waals surface area contributed by atoms with Crippen LogP contribution in [-0.2, 0) is 23.4 Å². The minimum Gasteiger partial charge on any atom is -0.465 e. The number of para-hydroxylation sites is 1. The minimum atomic E-state index is -4.19. The zero-order valence-corrected chi connectivity index (χ0v) is 22.5. The smallest absolute Gasteiger partial charge is 0.459 e. The summed E-state index contributed by atoms with van der Waals surface area (Å²) in [5.41, 5.74) is 6.58. The van der Waals surface area contributed by atoms with Crippen LogP contribution in [0.4, 0.5) is 11.8 Å². The maximum atomic E-state index is 13.7. The quantitative estimate of drug-likeness (QED) is 0.154. The van der Waals surface area contributed by atoms with Crippen LogP contribution in [0, 0.1) is 5.92 Å². The molecule has 3 heterocycles. The summed E-state index contributed by atoms with van der Waals surface area (Å²) in [6.07, 6.45) is -1.74. The second-order valence-corrected chi connectivity index (χ2v) is 10.4. The number of hydrogen-bond acceptors (Lipinski definition) is 13. The number of anilines is 2. The van der Waals surface area contributed by atoms with Crippen LogP contribution in [0.3, 0.4) is 0 Å². The SMILES string of the molecule is CCOC(=O)[C@@H](C)N[P@@](=O)(OC[C@H]1O[C@@H](n2cnc3c(NC)nc(N)nc32)[C@@H](CO)[C@@H]1O)Oc1ccccc1. The Morgan fingerprint density at radius 2 is 2.05 bits per heavy atom. The predicted molar refractivity (Wildman–Crippen MR) is 140 cm³/mol. The molecule has 1 fully saturated rings. The molecule has 2 aromatic heterocycles. The summed E-state index contributed by atoms with van der Waals surface area (Å²) in [5.74, 6) is -0.842. The molecule has 6 atom stereocenters. The van der Waals surface area contributed by atoms with Gasteiger partial charge in [0, 0.05) is 7.05 Å². The molecule has 212 valence electrons. The Kier molecular flexibility index (Phi) is 9.00. The van der Waals surface area contributed by atoms with Gasteiger partial charge in [-0.05, 0) is 26.0 Å². The first-order valence-electron chi connectivity index (χ1n) is 12.3. The number of benzene rings is 1. The summed E-state index contributed by atoms with van der Waals surface area (Å²) in [7, 11) is -2.53. The van der Waals surface area contributed by atoms with Crippen LogP contribution in [0.15, 0.2) is 36.7 Å². The lowest BCUT2D eigenvalue weighted by Gasteiger charge is -2.24. The number of ether oxygens (including phenoxy) is 2. The number of nitrogens with two attached hydrogens (primary N) is 1. The van der Waals surface area contributed by atoms with Crippen molar-refractivity contribution >= 4 is 36.6 Å². The van der Waals surface area contributed by atoms with Crippen molar-refractivity contribution in [2.24, 2.45) is 5.92 Å². The lowest BCUT2D eigenvalue weighted by atomic mass is 10.0. The zero-order chi connectivity index (χ0) is 28.2. The Bertz CT molecular complexity index is 1330. The predicted octanol–water partition coefficient (Wildman–Crippen LogP) is 1.06. The molecule has 0 aliphatic carbocycles. The van der Waals surface area contributed by atoms with Crippen LogP contribution >= 0.6 is 7.75 Å². The van der Waals surface area contributed by atoms with E-state index in [1.165, 1.54) is 17.8 Å². The molecular weight excluding hydrogens is 533 g/mol.